The van der Waals surface area contributed by atoms with Gasteiger partial charge in [0, 0.05) is 29.4 Å². The number of halogens is 4. The second-order valence-corrected chi connectivity index (χ2v) is 13.3. The first-order valence-corrected chi connectivity index (χ1v) is 16.4. The minimum atomic E-state index is -4.79. The Bertz CT molecular complexity index is 1660. The zero-order valence-electron chi connectivity index (χ0n) is 21.2. The largest absolute Gasteiger partial charge is 0.417 e. The number of thioether (sulfide) groups is 1. The molecule has 4 rings (SSSR count). The number of anilines is 2. The first-order chi connectivity index (χ1) is 19.2. The molecule has 16 heteroatoms. The molecule has 2 N–H and O–H groups in total. The Kier molecular flexibility index (Phi) is 9.13. The van der Waals surface area contributed by atoms with Crippen molar-refractivity contribution in [3.63, 3.8) is 0 Å². The maximum absolute atomic E-state index is 13.1. The fraction of sp³-hybridized carbons (Fsp3) is 0.240. The van der Waals surface area contributed by atoms with E-state index in [1.165, 1.54) is 42.1 Å². The molecule has 0 bridgehead atoms. The van der Waals surface area contributed by atoms with Crippen molar-refractivity contribution >= 4 is 60.7 Å². The van der Waals surface area contributed by atoms with Gasteiger partial charge in [0.05, 0.1) is 39.2 Å². The lowest BCUT2D eigenvalue weighted by Crippen LogP contribution is -2.40. The number of alkyl halides is 3. The number of hydrogen-bond acceptors (Lipinski definition) is 7. The first kappa shape index (κ1) is 31.0. The summed E-state index contributed by atoms with van der Waals surface area (Å²) in [7, 11) is -8.51. The van der Waals surface area contributed by atoms with Crippen molar-refractivity contribution in [2.45, 2.75) is 20.9 Å². The molecule has 0 aromatic heterocycles. The van der Waals surface area contributed by atoms with Crippen LogP contribution in [0.1, 0.15) is 15.9 Å². The van der Waals surface area contributed by atoms with E-state index in [9.17, 15) is 34.8 Å². The molecule has 0 spiro atoms. The molecule has 0 saturated carbocycles. The molecule has 1 heterocycles. The SMILES string of the molecule is CSc1ccc(S(=O)(=O)Nc2ccc(S(=O)(=O)Nc3ccc(Cl)c(C(F)(F)F)c3)cc2)cc1C(=O)N1CCOCC1. The van der Waals surface area contributed by atoms with Gasteiger partial charge in [-0.25, -0.2) is 16.8 Å². The molecule has 0 unspecified atom stereocenters. The summed E-state index contributed by atoms with van der Waals surface area (Å²) >= 11 is 6.88. The fourth-order valence-corrected chi connectivity index (χ4v) is 6.82. The van der Waals surface area contributed by atoms with Gasteiger partial charge in [-0.2, -0.15) is 13.2 Å². The first-order valence-electron chi connectivity index (χ1n) is 11.8. The number of nitrogens with one attached hydrogen (secondary N) is 2. The molecule has 0 aliphatic carbocycles. The topological polar surface area (TPSA) is 122 Å². The number of ether oxygens (including phenoxy) is 1. The lowest BCUT2D eigenvalue weighted by molar-refractivity contribution is -0.137. The summed E-state index contributed by atoms with van der Waals surface area (Å²) in [6.45, 7) is 1.53. The summed E-state index contributed by atoms with van der Waals surface area (Å²) in [6.07, 6.45) is -3.02. The zero-order valence-corrected chi connectivity index (χ0v) is 24.4. The molecule has 9 nitrogen and oxygen atoms in total. The van der Waals surface area contributed by atoms with Crippen LogP contribution >= 0.6 is 23.4 Å². The van der Waals surface area contributed by atoms with Gasteiger partial charge in [0.2, 0.25) is 0 Å². The van der Waals surface area contributed by atoms with Crippen molar-refractivity contribution in [2.75, 3.05) is 42.0 Å². The number of nitrogens with zero attached hydrogens (tertiary/aromatic N) is 1. The number of sulfonamides is 2. The second-order valence-electron chi connectivity index (χ2n) is 8.69. The highest BCUT2D eigenvalue weighted by Crippen LogP contribution is 2.36. The summed E-state index contributed by atoms with van der Waals surface area (Å²) in [5.74, 6) is -0.320. The van der Waals surface area contributed by atoms with Gasteiger partial charge in [-0.15, -0.1) is 11.8 Å². The lowest BCUT2D eigenvalue weighted by atomic mass is 10.2. The molecular formula is C25H23ClF3N3O6S3. The fourth-order valence-electron chi connectivity index (χ4n) is 3.89. The minimum absolute atomic E-state index is 0.0183. The van der Waals surface area contributed by atoms with Crippen molar-refractivity contribution in [3.8, 4) is 0 Å². The Hall–Kier alpha value is -2.98. The average Bonchev–Trinajstić information content (AvgIpc) is 2.93. The molecule has 1 aliphatic heterocycles. The Labute approximate surface area is 244 Å². The molecule has 1 saturated heterocycles. The third-order valence-corrected chi connectivity index (χ3v) is 9.85. The summed E-state index contributed by atoms with van der Waals surface area (Å²) < 4.78 is 101. The Morgan fingerprint density at radius 3 is 2.05 bits per heavy atom. The van der Waals surface area contributed by atoms with E-state index in [-0.39, 0.29) is 32.6 Å². The number of hydrogen-bond donors (Lipinski definition) is 2. The molecule has 3 aromatic rings. The molecule has 1 aliphatic rings. The predicted molar refractivity (Wildman–Crippen MR) is 149 cm³/mol. The van der Waals surface area contributed by atoms with Gasteiger partial charge in [0.1, 0.15) is 0 Å². The standard InChI is InChI=1S/C25H23ClF3N3O6S3/c1-39-23-9-7-19(15-20(23)24(33)32-10-12-38-13-11-32)41(36,37)30-16-2-5-18(6-3-16)40(34,35)31-17-4-8-22(26)21(14-17)25(27,28)29/h2-9,14-15,30-31H,10-13H2,1H3. The monoisotopic (exact) mass is 649 g/mol. The average molecular weight is 650 g/mol. The van der Waals surface area contributed by atoms with Crippen LogP contribution in [0.15, 0.2) is 75.4 Å². The van der Waals surface area contributed by atoms with Crippen molar-refractivity contribution < 1.29 is 39.5 Å². The molecule has 0 radical (unpaired) electrons. The molecule has 41 heavy (non-hydrogen) atoms. The van der Waals surface area contributed by atoms with Gasteiger partial charge in [-0.1, -0.05) is 11.6 Å². The molecular weight excluding hydrogens is 627 g/mol. The molecule has 3 aromatic carbocycles. The maximum atomic E-state index is 13.1. The number of rotatable bonds is 8. The summed E-state index contributed by atoms with van der Waals surface area (Å²) in [4.78, 5) is 14.8. The highest BCUT2D eigenvalue weighted by molar-refractivity contribution is 7.98. The number of benzene rings is 3. The van der Waals surface area contributed by atoms with Crippen LogP contribution in [0.3, 0.4) is 0 Å². The lowest BCUT2D eigenvalue weighted by Gasteiger charge is -2.27. The number of amides is 1. The summed E-state index contributed by atoms with van der Waals surface area (Å²) in [5, 5.41) is -0.585. The van der Waals surface area contributed by atoms with Gasteiger partial charge >= 0.3 is 6.18 Å². The number of carbonyl (C=O) groups excluding carboxylic acids is 1. The third-order valence-electron chi connectivity index (χ3n) is 5.95. The van der Waals surface area contributed by atoms with Crippen LogP contribution < -0.4 is 9.44 Å². The highest BCUT2D eigenvalue weighted by Gasteiger charge is 2.33. The van der Waals surface area contributed by atoms with Gasteiger partial charge < -0.3 is 9.64 Å². The van der Waals surface area contributed by atoms with E-state index < -0.39 is 36.8 Å². The van der Waals surface area contributed by atoms with Crippen molar-refractivity contribution in [1.29, 1.82) is 0 Å². The highest BCUT2D eigenvalue weighted by atomic mass is 35.5. The van der Waals surface area contributed by atoms with E-state index in [2.05, 4.69) is 9.44 Å². The number of morpholine rings is 1. The van der Waals surface area contributed by atoms with Crippen LogP contribution in [0.25, 0.3) is 0 Å². The molecule has 1 amide bonds. The van der Waals surface area contributed by atoms with Gasteiger partial charge in [-0.3, -0.25) is 14.2 Å². The third kappa shape index (κ3) is 7.27. The van der Waals surface area contributed by atoms with Crippen LogP contribution in [0, 0.1) is 0 Å². The van der Waals surface area contributed by atoms with E-state index in [1.807, 2.05) is 0 Å². The maximum Gasteiger partial charge on any atom is 0.417 e. The zero-order chi connectivity index (χ0) is 30.0. The summed E-state index contributed by atoms with van der Waals surface area (Å²) in [6, 6.07) is 11.3. The molecule has 1 fully saturated rings. The van der Waals surface area contributed by atoms with Crippen molar-refractivity contribution in [1.82, 2.24) is 4.90 Å². The van der Waals surface area contributed by atoms with E-state index in [0.717, 1.165) is 24.3 Å². The summed E-state index contributed by atoms with van der Waals surface area (Å²) in [5.41, 5.74) is -1.32. The van der Waals surface area contributed by atoms with E-state index in [0.29, 0.717) is 37.3 Å². The van der Waals surface area contributed by atoms with Crippen LogP contribution in [0.4, 0.5) is 24.5 Å². The smallest absolute Gasteiger partial charge is 0.378 e. The van der Waals surface area contributed by atoms with E-state index in [1.54, 1.807) is 11.2 Å². The van der Waals surface area contributed by atoms with Gasteiger partial charge in [-0.05, 0) is 66.9 Å². The Morgan fingerprint density at radius 2 is 1.44 bits per heavy atom. The van der Waals surface area contributed by atoms with Gasteiger partial charge in [0.15, 0.2) is 0 Å². The normalized spacial score (nSPS) is 14.5. The Balaban J connectivity index is 1.53. The van der Waals surface area contributed by atoms with Crippen LogP contribution in [0.5, 0.6) is 0 Å². The van der Waals surface area contributed by atoms with Crippen LogP contribution in [0.2, 0.25) is 5.02 Å². The molecule has 0 atom stereocenters. The predicted octanol–water partition coefficient (Wildman–Crippen LogP) is 5.15. The van der Waals surface area contributed by atoms with Crippen LogP contribution in [-0.4, -0.2) is 60.2 Å². The van der Waals surface area contributed by atoms with Crippen LogP contribution in [-0.2, 0) is 31.0 Å². The van der Waals surface area contributed by atoms with Crippen molar-refractivity contribution in [2.24, 2.45) is 0 Å². The van der Waals surface area contributed by atoms with Gasteiger partial charge in [0.25, 0.3) is 26.0 Å². The van der Waals surface area contributed by atoms with E-state index >= 15 is 0 Å². The number of carbonyl (C=O) groups is 1. The second kappa shape index (κ2) is 12.1. The Morgan fingerprint density at radius 1 is 0.878 bits per heavy atom. The van der Waals surface area contributed by atoms with Crippen molar-refractivity contribution in [3.05, 3.63) is 76.8 Å². The molecule has 220 valence electrons. The van der Waals surface area contributed by atoms with E-state index in [4.69, 9.17) is 16.3 Å². The minimum Gasteiger partial charge on any atom is -0.378 e. The quantitative estimate of drug-likeness (QED) is 0.324.